The molecule has 20 heavy (non-hydrogen) atoms. The van der Waals surface area contributed by atoms with Gasteiger partial charge in [-0.1, -0.05) is 17.6 Å². The molecule has 0 spiro atoms. The Morgan fingerprint density at radius 3 is 2.10 bits per heavy atom. The number of aliphatic hydroxyl groups excluding tert-OH is 1. The number of unbranched alkanes of at least 4 members (excludes halogenated alkanes) is 1. The Hall–Kier alpha value is -1.09. The van der Waals surface area contributed by atoms with Gasteiger partial charge in [-0.2, -0.15) is 0 Å². The van der Waals surface area contributed by atoms with E-state index in [1.807, 2.05) is 0 Å². The summed E-state index contributed by atoms with van der Waals surface area (Å²) in [7, 11) is 1.41. The van der Waals surface area contributed by atoms with Crippen molar-refractivity contribution in [2.24, 2.45) is 5.41 Å². The van der Waals surface area contributed by atoms with E-state index in [1.165, 1.54) is 29.4 Å². The van der Waals surface area contributed by atoms with Crippen LogP contribution in [0.1, 0.15) is 60.3 Å². The van der Waals surface area contributed by atoms with Crippen LogP contribution < -0.4 is 0 Å². The average Bonchev–Trinajstić information content (AvgIpc) is 2.59. The van der Waals surface area contributed by atoms with Gasteiger partial charge in [0.15, 0.2) is 0 Å². The molecule has 0 aromatic carbocycles. The second kappa shape index (κ2) is 6.57. The van der Waals surface area contributed by atoms with Gasteiger partial charge in [-0.3, -0.25) is 4.79 Å². The molecule has 1 rings (SSSR count). The number of ether oxygens (including phenoxy) is 1. The second-order valence-electron chi connectivity index (χ2n) is 6.04. The first kappa shape index (κ1) is 17.0. The summed E-state index contributed by atoms with van der Waals surface area (Å²) in [5, 5.41) is 10.6. The Morgan fingerprint density at radius 1 is 1.15 bits per heavy atom. The third-order valence-electron chi connectivity index (χ3n) is 5.25. The van der Waals surface area contributed by atoms with Crippen molar-refractivity contribution in [1.29, 1.82) is 0 Å². The minimum absolute atomic E-state index is 0.176. The number of hydrogen-bond donors (Lipinski definition) is 1. The van der Waals surface area contributed by atoms with Gasteiger partial charge in [-0.25, -0.2) is 0 Å². The molecule has 0 amide bonds. The Morgan fingerprint density at radius 2 is 1.65 bits per heavy atom. The summed E-state index contributed by atoms with van der Waals surface area (Å²) in [5.74, 6) is -0.176. The first-order valence-electron chi connectivity index (χ1n) is 7.38. The van der Waals surface area contributed by atoms with Gasteiger partial charge in [0.1, 0.15) is 0 Å². The van der Waals surface area contributed by atoms with E-state index in [0.717, 1.165) is 12.8 Å². The Balaban J connectivity index is 2.64. The summed E-state index contributed by atoms with van der Waals surface area (Å²) in [4.78, 5) is 11.1. The van der Waals surface area contributed by atoms with Crippen LogP contribution >= 0.6 is 0 Å². The lowest BCUT2D eigenvalue weighted by atomic mass is 9.73. The maximum absolute atomic E-state index is 11.1. The third-order valence-corrected chi connectivity index (χ3v) is 5.25. The van der Waals surface area contributed by atoms with Crippen molar-refractivity contribution in [3.05, 3.63) is 22.3 Å². The zero-order valence-electron chi connectivity index (χ0n) is 13.7. The smallest absolute Gasteiger partial charge is 0.305 e. The molecular weight excluding hydrogens is 252 g/mol. The fourth-order valence-electron chi connectivity index (χ4n) is 3.12. The summed E-state index contributed by atoms with van der Waals surface area (Å²) in [6.07, 6.45) is 2.35. The van der Waals surface area contributed by atoms with Crippen molar-refractivity contribution in [1.82, 2.24) is 0 Å². The maximum Gasteiger partial charge on any atom is 0.305 e. The van der Waals surface area contributed by atoms with Crippen LogP contribution in [-0.4, -0.2) is 24.3 Å². The molecule has 0 heterocycles. The lowest BCUT2D eigenvalue weighted by Gasteiger charge is -2.34. The van der Waals surface area contributed by atoms with Crippen molar-refractivity contribution in [2.45, 2.75) is 66.4 Å². The number of allylic oxidation sites excluding steroid dienone is 2. The largest absolute Gasteiger partial charge is 0.469 e. The predicted molar refractivity (Wildman–Crippen MR) is 81.3 cm³/mol. The second-order valence-corrected chi connectivity index (χ2v) is 6.04. The number of carbonyl (C=O) groups excluding carboxylic acids is 1. The molecule has 1 aliphatic carbocycles. The highest BCUT2D eigenvalue weighted by Crippen LogP contribution is 2.49. The lowest BCUT2D eigenvalue weighted by molar-refractivity contribution is -0.140. The van der Waals surface area contributed by atoms with Crippen LogP contribution in [0.4, 0.5) is 0 Å². The van der Waals surface area contributed by atoms with E-state index < -0.39 is 6.10 Å². The molecule has 1 N–H and O–H groups in total. The molecule has 0 saturated heterocycles. The van der Waals surface area contributed by atoms with Gasteiger partial charge in [0, 0.05) is 11.8 Å². The van der Waals surface area contributed by atoms with E-state index in [4.69, 9.17) is 0 Å². The molecule has 0 fully saturated rings. The fraction of sp³-hybridized carbons (Fsp3) is 0.706. The van der Waals surface area contributed by atoms with Gasteiger partial charge < -0.3 is 9.84 Å². The number of methoxy groups -OCH3 is 1. The molecule has 114 valence electrons. The van der Waals surface area contributed by atoms with Crippen molar-refractivity contribution in [2.75, 3.05) is 7.11 Å². The normalized spacial score (nSPS) is 19.6. The highest BCUT2D eigenvalue weighted by atomic mass is 16.5. The molecule has 0 radical (unpaired) electrons. The molecular formula is C17H28O3. The van der Waals surface area contributed by atoms with Gasteiger partial charge in [0.25, 0.3) is 0 Å². The summed E-state index contributed by atoms with van der Waals surface area (Å²) >= 11 is 0. The summed E-state index contributed by atoms with van der Waals surface area (Å²) in [5.41, 5.74) is 4.90. The zero-order valence-corrected chi connectivity index (χ0v) is 13.7. The predicted octanol–water partition coefficient (Wildman–Crippen LogP) is 3.77. The quantitative estimate of drug-likeness (QED) is 0.595. The molecule has 1 atom stereocenters. The fourth-order valence-corrected chi connectivity index (χ4v) is 3.12. The number of rotatable bonds is 6. The van der Waals surface area contributed by atoms with Gasteiger partial charge in [-0.15, -0.1) is 0 Å². The third kappa shape index (κ3) is 2.98. The van der Waals surface area contributed by atoms with Gasteiger partial charge in [0.05, 0.1) is 13.2 Å². The van der Waals surface area contributed by atoms with Crippen LogP contribution in [-0.2, 0) is 9.53 Å². The van der Waals surface area contributed by atoms with Crippen LogP contribution in [0.15, 0.2) is 22.3 Å². The molecule has 0 aromatic rings. The van der Waals surface area contributed by atoms with E-state index in [9.17, 15) is 9.90 Å². The van der Waals surface area contributed by atoms with E-state index in [1.54, 1.807) is 0 Å². The number of hydrogen-bond acceptors (Lipinski definition) is 3. The molecule has 0 aliphatic heterocycles. The topological polar surface area (TPSA) is 46.5 Å². The van der Waals surface area contributed by atoms with Gasteiger partial charge in [-0.05, 0) is 58.6 Å². The first-order valence-corrected chi connectivity index (χ1v) is 7.38. The Kier molecular flexibility index (Phi) is 5.58. The first-order chi connectivity index (χ1) is 9.26. The Labute approximate surface area is 122 Å². The standard InChI is InChI=1S/C17H28O3/c1-11-12(2)14(4)17(5,13(11)3)15(18)9-7-8-10-16(19)20-6/h15,18H,7-10H2,1-6H3. The van der Waals surface area contributed by atoms with Crippen LogP contribution in [0.2, 0.25) is 0 Å². The molecule has 0 bridgehead atoms. The zero-order chi connectivity index (χ0) is 15.5. The minimum atomic E-state index is -0.396. The molecule has 1 aliphatic rings. The van der Waals surface area contributed by atoms with E-state index >= 15 is 0 Å². The van der Waals surface area contributed by atoms with Crippen LogP contribution in [0.25, 0.3) is 0 Å². The van der Waals surface area contributed by atoms with Crippen molar-refractivity contribution in [3.63, 3.8) is 0 Å². The van der Waals surface area contributed by atoms with Crippen LogP contribution in [0, 0.1) is 5.41 Å². The monoisotopic (exact) mass is 280 g/mol. The molecule has 0 aromatic heterocycles. The molecule has 3 heteroatoms. The van der Waals surface area contributed by atoms with E-state index in [0.29, 0.717) is 12.8 Å². The summed E-state index contributed by atoms with van der Waals surface area (Å²) < 4.78 is 4.62. The molecule has 0 saturated carbocycles. The van der Waals surface area contributed by atoms with Crippen molar-refractivity contribution in [3.8, 4) is 0 Å². The summed E-state index contributed by atoms with van der Waals surface area (Å²) in [6.45, 7) is 10.6. The van der Waals surface area contributed by atoms with Crippen molar-refractivity contribution < 1.29 is 14.6 Å². The van der Waals surface area contributed by atoms with Gasteiger partial charge >= 0.3 is 5.97 Å². The minimum Gasteiger partial charge on any atom is -0.469 e. The highest BCUT2D eigenvalue weighted by molar-refractivity contribution is 5.68. The van der Waals surface area contributed by atoms with Crippen molar-refractivity contribution >= 4 is 5.97 Å². The van der Waals surface area contributed by atoms with Crippen LogP contribution in [0.3, 0.4) is 0 Å². The maximum atomic E-state index is 11.1. The average molecular weight is 280 g/mol. The summed E-state index contributed by atoms with van der Waals surface area (Å²) in [6, 6.07) is 0. The molecule has 3 nitrogen and oxygen atoms in total. The van der Waals surface area contributed by atoms with E-state index in [2.05, 4.69) is 39.4 Å². The molecule has 1 unspecified atom stereocenters. The number of aliphatic hydroxyl groups is 1. The van der Waals surface area contributed by atoms with Gasteiger partial charge in [0.2, 0.25) is 0 Å². The van der Waals surface area contributed by atoms with Crippen LogP contribution in [0.5, 0.6) is 0 Å². The highest BCUT2D eigenvalue weighted by Gasteiger charge is 2.41. The lowest BCUT2D eigenvalue weighted by Crippen LogP contribution is -2.33. The number of carbonyl (C=O) groups is 1. The Bertz CT molecular complexity index is 419. The van der Waals surface area contributed by atoms with E-state index in [-0.39, 0.29) is 11.4 Å². The number of esters is 1. The SMILES string of the molecule is COC(=O)CCCCC(O)C1(C)C(C)=C(C)C(C)=C1C.